The lowest BCUT2D eigenvalue weighted by atomic mass is 10.0. The van der Waals surface area contributed by atoms with Crippen LogP contribution in [0.2, 0.25) is 0 Å². The first-order chi connectivity index (χ1) is 12.8. The maximum Gasteiger partial charge on any atom is 0.246 e. The van der Waals surface area contributed by atoms with Crippen LogP contribution < -0.4 is 4.90 Å². The highest BCUT2D eigenvalue weighted by atomic mass is 32.2. The summed E-state index contributed by atoms with van der Waals surface area (Å²) in [6.45, 7) is 8.56. The van der Waals surface area contributed by atoms with Gasteiger partial charge in [-0.3, -0.25) is 0 Å². The van der Waals surface area contributed by atoms with Crippen molar-refractivity contribution in [1.82, 2.24) is 14.1 Å². The summed E-state index contributed by atoms with van der Waals surface area (Å²) in [5.74, 6) is 0.594. The third-order valence-electron chi connectivity index (χ3n) is 5.42. The largest absolute Gasteiger partial charge is 0.315 e. The van der Waals surface area contributed by atoms with Gasteiger partial charge in [0.15, 0.2) is 6.67 Å². The number of sulfonamides is 1. The van der Waals surface area contributed by atoms with Gasteiger partial charge in [-0.25, -0.2) is 13.1 Å². The summed E-state index contributed by atoms with van der Waals surface area (Å²) < 4.78 is 29.9. The van der Waals surface area contributed by atoms with Crippen LogP contribution in [-0.2, 0) is 23.2 Å². The van der Waals surface area contributed by atoms with Gasteiger partial charge in [0.25, 0.3) is 0 Å². The molecular formula is C20H31N4O2S+. The van der Waals surface area contributed by atoms with Gasteiger partial charge in [0, 0.05) is 18.7 Å². The zero-order valence-corrected chi connectivity index (χ0v) is 17.6. The molecule has 1 aliphatic rings. The maximum absolute atomic E-state index is 13.2. The van der Waals surface area contributed by atoms with E-state index in [2.05, 4.69) is 31.2 Å². The number of benzene rings is 1. The fourth-order valence-electron chi connectivity index (χ4n) is 3.82. The van der Waals surface area contributed by atoms with E-state index in [1.54, 1.807) is 11.2 Å². The molecule has 0 bridgehead atoms. The summed E-state index contributed by atoms with van der Waals surface area (Å²) in [6.07, 6.45) is 1.85. The Morgan fingerprint density at radius 3 is 2.41 bits per heavy atom. The van der Waals surface area contributed by atoms with E-state index in [1.807, 2.05) is 29.8 Å². The number of aryl methyl sites for hydroxylation is 1. The molecule has 1 aromatic carbocycles. The molecule has 2 heterocycles. The van der Waals surface area contributed by atoms with Crippen molar-refractivity contribution in [3.8, 4) is 0 Å². The number of nitrogens with one attached hydrogen (secondary N) is 1. The smallest absolute Gasteiger partial charge is 0.246 e. The number of rotatable bonds is 6. The molecule has 0 radical (unpaired) electrons. The molecule has 3 rings (SSSR count). The van der Waals surface area contributed by atoms with E-state index in [9.17, 15) is 8.42 Å². The molecule has 1 atom stereocenters. The van der Waals surface area contributed by atoms with Crippen LogP contribution in [0, 0.1) is 19.8 Å². The predicted molar refractivity (Wildman–Crippen MR) is 106 cm³/mol. The lowest BCUT2D eigenvalue weighted by molar-refractivity contribution is -0.917. The second kappa shape index (κ2) is 8.12. The van der Waals surface area contributed by atoms with E-state index >= 15 is 0 Å². The number of hydrogen-bond acceptors (Lipinski definition) is 3. The summed E-state index contributed by atoms with van der Waals surface area (Å²) in [7, 11) is -1.38. The summed E-state index contributed by atoms with van der Waals surface area (Å²) in [4.78, 5) is 1.65. The molecular weight excluding hydrogens is 360 g/mol. The van der Waals surface area contributed by atoms with Crippen LogP contribution in [-0.4, -0.2) is 42.6 Å². The first-order valence-electron chi connectivity index (χ1n) is 9.68. The minimum absolute atomic E-state index is 0.393. The van der Waals surface area contributed by atoms with Crippen molar-refractivity contribution in [2.75, 3.05) is 20.1 Å². The van der Waals surface area contributed by atoms with Crippen LogP contribution in [0.5, 0.6) is 0 Å². The lowest BCUT2D eigenvalue weighted by Gasteiger charge is -2.29. The van der Waals surface area contributed by atoms with Crippen LogP contribution in [0.4, 0.5) is 0 Å². The second-order valence-electron chi connectivity index (χ2n) is 7.86. The summed E-state index contributed by atoms with van der Waals surface area (Å²) >= 11 is 0. The van der Waals surface area contributed by atoms with E-state index in [0.717, 1.165) is 25.1 Å². The van der Waals surface area contributed by atoms with Crippen molar-refractivity contribution in [2.24, 2.45) is 5.92 Å². The topological polar surface area (TPSA) is 59.6 Å². The van der Waals surface area contributed by atoms with Gasteiger partial charge < -0.3 is 4.90 Å². The average molecular weight is 392 g/mol. The van der Waals surface area contributed by atoms with Crippen molar-refractivity contribution >= 4 is 10.0 Å². The molecule has 1 aliphatic heterocycles. The molecule has 0 spiro atoms. The van der Waals surface area contributed by atoms with Gasteiger partial charge in [-0.2, -0.15) is 9.40 Å². The summed E-state index contributed by atoms with van der Waals surface area (Å²) in [6, 6.07) is 10.3. The third-order valence-corrected chi connectivity index (χ3v) is 7.58. The molecule has 0 aliphatic carbocycles. The molecule has 1 N–H and O–H groups in total. The molecule has 148 valence electrons. The van der Waals surface area contributed by atoms with Crippen molar-refractivity contribution in [3.63, 3.8) is 0 Å². The van der Waals surface area contributed by atoms with Crippen LogP contribution in [0.25, 0.3) is 0 Å². The Labute approximate surface area is 162 Å². The molecule has 2 aromatic rings. The fraction of sp³-hybridized carbons (Fsp3) is 0.550. The zero-order chi connectivity index (χ0) is 19.6. The standard InChI is InChI=1S/C20H30N4O2S/c1-16-10-12-23(13-11-16)27(25,26)20-17(2)21-24(18(20)3)15-22(4)14-19-8-6-5-7-9-19/h5-9,16H,10-15H2,1-4H3/p+1. The molecule has 1 unspecified atom stereocenters. The van der Waals surface area contributed by atoms with Crippen molar-refractivity contribution in [2.45, 2.75) is 51.7 Å². The average Bonchev–Trinajstić information content (AvgIpc) is 2.90. The van der Waals surface area contributed by atoms with Gasteiger partial charge in [0.2, 0.25) is 10.0 Å². The van der Waals surface area contributed by atoms with Crippen LogP contribution >= 0.6 is 0 Å². The minimum atomic E-state index is -3.48. The SMILES string of the molecule is Cc1nn(C[NH+](C)Cc2ccccc2)c(C)c1S(=O)(=O)N1CCC(C)CC1. The molecule has 0 saturated carbocycles. The highest BCUT2D eigenvalue weighted by molar-refractivity contribution is 7.89. The highest BCUT2D eigenvalue weighted by Gasteiger charge is 2.33. The van der Waals surface area contributed by atoms with Crippen LogP contribution in [0.1, 0.15) is 36.7 Å². The molecule has 1 fully saturated rings. The fourth-order valence-corrected chi connectivity index (χ4v) is 5.66. The molecule has 6 nitrogen and oxygen atoms in total. The number of nitrogens with zero attached hydrogens (tertiary/aromatic N) is 3. The highest BCUT2D eigenvalue weighted by Crippen LogP contribution is 2.27. The first kappa shape index (κ1) is 20.0. The van der Waals surface area contributed by atoms with Gasteiger partial charge in [0.1, 0.15) is 11.4 Å². The number of hydrogen-bond donors (Lipinski definition) is 1. The monoisotopic (exact) mass is 391 g/mol. The Hall–Kier alpha value is -1.70. The minimum Gasteiger partial charge on any atom is -0.315 e. The lowest BCUT2D eigenvalue weighted by Crippen LogP contribution is -3.07. The number of aromatic nitrogens is 2. The molecule has 27 heavy (non-hydrogen) atoms. The van der Waals surface area contributed by atoms with E-state index in [0.29, 0.717) is 36.3 Å². The molecule has 1 aromatic heterocycles. The molecule has 0 amide bonds. The summed E-state index contributed by atoms with van der Waals surface area (Å²) in [5.41, 5.74) is 2.59. The van der Waals surface area contributed by atoms with E-state index < -0.39 is 10.0 Å². The van der Waals surface area contributed by atoms with Crippen molar-refractivity contribution < 1.29 is 13.3 Å². The van der Waals surface area contributed by atoms with Gasteiger partial charge in [-0.1, -0.05) is 37.3 Å². The van der Waals surface area contributed by atoms with Crippen LogP contribution in [0.15, 0.2) is 35.2 Å². The number of quaternary nitrogens is 1. The van der Waals surface area contributed by atoms with Gasteiger partial charge in [-0.05, 0) is 32.6 Å². The van der Waals surface area contributed by atoms with Crippen LogP contribution in [0.3, 0.4) is 0 Å². The zero-order valence-electron chi connectivity index (χ0n) is 16.8. The van der Waals surface area contributed by atoms with E-state index in [-0.39, 0.29) is 0 Å². The Bertz CT molecular complexity index is 869. The molecule has 7 heteroatoms. The third kappa shape index (κ3) is 4.42. The predicted octanol–water partition coefficient (Wildman–Crippen LogP) is 1.59. The Balaban J connectivity index is 1.78. The Kier molecular flexibility index (Phi) is 6.03. The van der Waals surface area contributed by atoms with Crippen molar-refractivity contribution in [1.29, 1.82) is 0 Å². The van der Waals surface area contributed by atoms with Gasteiger partial charge in [-0.15, -0.1) is 0 Å². The van der Waals surface area contributed by atoms with E-state index in [4.69, 9.17) is 0 Å². The second-order valence-corrected chi connectivity index (χ2v) is 9.74. The first-order valence-corrected chi connectivity index (χ1v) is 11.1. The Morgan fingerprint density at radius 2 is 1.78 bits per heavy atom. The van der Waals surface area contributed by atoms with Gasteiger partial charge >= 0.3 is 0 Å². The quantitative estimate of drug-likeness (QED) is 0.814. The Morgan fingerprint density at radius 1 is 1.15 bits per heavy atom. The van der Waals surface area contributed by atoms with Crippen molar-refractivity contribution in [3.05, 3.63) is 47.3 Å². The summed E-state index contributed by atoms with van der Waals surface area (Å²) in [5, 5.41) is 4.56. The normalized spacial score (nSPS) is 17.9. The maximum atomic E-state index is 13.2. The van der Waals surface area contributed by atoms with Gasteiger partial charge in [0.05, 0.1) is 18.4 Å². The molecule has 1 saturated heterocycles. The number of piperidine rings is 1. The van der Waals surface area contributed by atoms with E-state index in [1.165, 1.54) is 10.5 Å².